The van der Waals surface area contributed by atoms with Crippen LogP contribution >= 0.6 is 12.6 Å². The second-order valence-electron chi connectivity index (χ2n) is 3.66. The first-order valence-corrected chi connectivity index (χ1v) is 5.03. The van der Waals surface area contributed by atoms with Crippen LogP contribution in [0.5, 0.6) is 0 Å². The Morgan fingerprint density at radius 3 is 2.62 bits per heavy atom. The van der Waals surface area contributed by atoms with Gasteiger partial charge in [-0.3, -0.25) is 0 Å². The molecule has 13 heavy (non-hydrogen) atoms. The van der Waals surface area contributed by atoms with Crippen LogP contribution in [0.4, 0.5) is 4.79 Å². The van der Waals surface area contributed by atoms with Gasteiger partial charge in [-0.15, -0.1) is 0 Å². The zero-order valence-corrected chi connectivity index (χ0v) is 9.49. The second kappa shape index (κ2) is 6.13. The molecule has 0 aromatic rings. The Morgan fingerprint density at radius 2 is 2.15 bits per heavy atom. The van der Waals surface area contributed by atoms with Crippen LogP contribution in [-0.2, 0) is 4.74 Å². The SMILES string of the molecule is CCCCOC(=O)NCC(C)(C)S. The fraction of sp³-hybridized carbons (Fsp3) is 0.889. The topological polar surface area (TPSA) is 38.3 Å². The van der Waals surface area contributed by atoms with Gasteiger partial charge in [-0.05, 0) is 20.3 Å². The lowest BCUT2D eigenvalue weighted by molar-refractivity contribution is 0.144. The van der Waals surface area contributed by atoms with Crippen LogP contribution in [0.2, 0.25) is 0 Å². The quantitative estimate of drug-likeness (QED) is 0.533. The number of alkyl carbamates (subject to hydrolysis) is 1. The number of carbonyl (C=O) groups excluding carboxylic acids is 1. The monoisotopic (exact) mass is 205 g/mol. The van der Waals surface area contributed by atoms with Crippen molar-refractivity contribution in [2.24, 2.45) is 0 Å². The smallest absolute Gasteiger partial charge is 0.407 e. The summed E-state index contributed by atoms with van der Waals surface area (Å²) in [6, 6.07) is 0. The van der Waals surface area contributed by atoms with Crippen molar-refractivity contribution >= 4 is 18.7 Å². The molecular formula is C9H19NO2S. The number of amides is 1. The van der Waals surface area contributed by atoms with Crippen LogP contribution < -0.4 is 5.32 Å². The third-order valence-electron chi connectivity index (χ3n) is 1.40. The standard InChI is InChI=1S/C9H19NO2S/c1-4-5-6-12-8(11)10-7-9(2,3)13/h13H,4-7H2,1-3H3,(H,10,11). The first-order valence-electron chi connectivity index (χ1n) is 4.58. The highest BCUT2D eigenvalue weighted by Crippen LogP contribution is 2.09. The average molecular weight is 205 g/mol. The molecule has 0 unspecified atom stereocenters. The van der Waals surface area contributed by atoms with Gasteiger partial charge in [0.05, 0.1) is 6.61 Å². The third-order valence-corrected chi connectivity index (χ3v) is 1.55. The molecule has 4 heteroatoms. The zero-order chi connectivity index (χ0) is 10.3. The number of carbonyl (C=O) groups is 1. The number of nitrogens with one attached hydrogen (secondary N) is 1. The highest BCUT2D eigenvalue weighted by molar-refractivity contribution is 7.81. The Labute approximate surface area is 85.6 Å². The summed E-state index contributed by atoms with van der Waals surface area (Å²) in [6.45, 7) is 6.93. The summed E-state index contributed by atoms with van der Waals surface area (Å²) >= 11 is 4.27. The van der Waals surface area contributed by atoms with Crippen molar-refractivity contribution in [1.29, 1.82) is 0 Å². The van der Waals surface area contributed by atoms with Crippen molar-refractivity contribution in [1.82, 2.24) is 5.32 Å². The Morgan fingerprint density at radius 1 is 1.54 bits per heavy atom. The molecule has 78 valence electrons. The molecule has 1 N–H and O–H groups in total. The van der Waals surface area contributed by atoms with E-state index in [4.69, 9.17) is 4.74 Å². The summed E-state index contributed by atoms with van der Waals surface area (Å²) in [5, 5.41) is 2.64. The van der Waals surface area contributed by atoms with E-state index < -0.39 is 0 Å². The van der Waals surface area contributed by atoms with E-state index >= 15 is 0 Å². The minimum atomic E-state index is -0.351. The number of unbranched alkanes of at least 4 members (excludes halogenated alkanes) is 1. The Kier molecular flexibility index (Phi) is 5.95. The molecule has 0 heterocycles. The summed E-state index contributed by atoms with van der Waals surface area (Å²) in [7, 11) is 0. The number of hydrogen-bond acceptors (Lipinski definition) is 3. The Bertz CT molecular complexity index is 154. The van der Waals surface area contributed by atoms with Gasteiger partial charge in [0.25, 0.3) is 0 Å². The van der Waals surface area contributed by atoms with Gasteiger partial charge >= 0.3 is 6.09 Å². The number of hydrogen-bond donors (Lipinski definition) is 2. The molecule has 0 aromatic heterocycles. The normalized spacial score (nSPS) is 11.1. The zero-order valence-electron chi connectivity index (χ0n) is 8.59. The van der Waals surface area contributed by atoms with E-state index in [-0.39, 0.29) is 10.8 Å². The molecule has 0 aliphatic carbocycles. The molecule has 0 radical (unpaired) electrons. The molecule has 0 saturated carbocycles. The summed E-state index contributed by atoms with van der Waals surface area (Å²) in [4.78, 5) is 11.0. The minimum Gasteiger partial charge on any atom is -0.450 e. The van der Waals surface area contributed by atoms with Gasteiger partial charge in [0, 0.05) is 11.3 Å². The minimum absolute atomic E-state index is 0.191. The largest absolute Gasteiger partial charge is 0.450 e. The van der Waals surface area contributed by atoms with Crippen LogP contribution in [-0.4, -0.2) is 24.0 Å². The molecular weight excluding hydrogens is 186 g/mol. The molecule has 0 atom stereocenters. The highest BCUT2D eigenvalue weighted by Gasteiger charge is 2.12. The van der Waals surface area contributed by atoms with Gasteiger partial charge in [-0.25, -0.2) is 4.79 Å². The second-order valence-corrected chi connectivity index (χ2v) is 4.87. The predicted molar refractivity (Wildman–Crippen MR) is 57.3 cm³/mol. The van der Waals surface area contributed by atoms with E-state index in [1.807, 2.05) is 13.8 Å². The molecule has 0 aromatic carbocycles. The summed E-state index contributed by atoms with van der Waals surface area (Å²) in [6.07, 6.45) is 1.60. The summed E-state index contributed by atoms with van der Waals surface area (Å²) < 4.78 is 4.70. The van der Waals surface area contributed by atoms with E-state index in [9.17, 15) is 4.79 Å². The van der Waals surface area contributed by atoms with Crippen molar-refractivity contribution in [2.75, 3.05) is 13.2 Å². The lowest BCUT2D eigenvalue weighted by atomic mass is 10.2. The maximum absolute atomic E-state index is 11.0. The third kappa shape index (κ3) is 9.53. The summed E-state index contributed by atoms with van der Waals surface area (Å²) in [5.41, 5.74) is 0. The molecule has 0 saturated heterocycles. The van der Waals surface area contributed by atoms with Crippen LogP contribution in [0.3, 0.4) is 0 Å². The molecule has 1 amide bonds. The highest BCUT2D eigenvalue weighted by atomic mass is 32.1. The maximum Gasteiger partial charge on any atom is 0.407 e. The van der Waals surface area contributed by atoms with Gasteiger partial charge in [0.1, 0.15) is 0 Å². The Balaban J connectivity index is 3.41. The Hall–Kier alpha value is -0.380. The van der Waals surface area contributed by atoms with Crippen molar-refractivity contribution < 1.29 is 9.53 Å². The molecule has 0 aliphatic heterocycles. The van der Waals surface area contributed by atoms with Crippen molar-refractivity contribution in [3.63, 3.8) is 0 Å². The van der Waals surface area contributed by atoms with Crippen molar-refractivity contribution in [2.45, 2.75) is 38.4 Å². The molecule has 0 rings (SSSR count). The molecule has 0 fully saturated rings. The molecule has 0 spiro atoms. The van der Waals surface area contributed by atoms with Crippen molar-refractivity contribution in [3.05, 3.63) is 0 Å². The molecule has 0 aliphatic rings. The molecule has 0 bridgehead atoms. The first kappa shape index (κ1) is 12.6. The van der Waals surface area contributed by atoms with Crippen molar-refractivity contribution in [3.8, 4) is 0 Å². The van der Waals surface area contributed by atoms with E-state index in [1.54, 1.807) is 0 Å². The van der Waals surface area contributed by atoms with E-state index in [0.29, 0.717) is 13.2 Å². The summed E-state index contributed by atoms with van der Waals surface area (Å²) in [5.74, 6) is 0. The van der Waals surface area contributed by atoms with Gasteiger partial charge in [0.15, 0.2) is 0 Å². The average Bonchev–Trinajstić information content (AvgIpc) is 2.00. The molecule has 3 nitrogen and oxygen atoms in total. The van der Waals surface area contributed by atoms with Gasteiger partial charge in [-0.1, -0.05) is 13.3 Å². The van der Waals surface area contributed by atoms with Gasteiger partial charge in [-0.2, -0.15) is 12.6 Å². The fourth-order valence-electron chi connectivity index (χ4n) is 0.649. The van der Waals surface area contributed by atoms with E-state index in [1.165, 1.54) is 0 Å². The van der Waals surface area contributed by atoms with Crippen LogP contribution in [0.1, 0.15) is 33.6 Å². The number of ether oxygens (including phenoxy) is 1. The lowest BCUT2D eigenvalue weighted by Gasteiger charge is -2.17. The van der Waals surface area contributed by atoms with Crippen LogP contribution in [0, 0.1) is 0 Å². The first-order chi connectivity index (χ1) is 5.95. The number of rotatable bonds is 5. The van der Waals surface area contributed by atoms with Crippen LogP contribution in [0.15, 0.2) is 0 Å². The van der Waals surface area contributed by atoms with Crippen LogP contribution in [0.25, 0.3) is 0 Å². The van der Waals surface area contributed by atoms with E-state index in [2.05, 4.69) is 24.9 Å². The lowest BCUT2D eigenvalue weighted by Crippen LogP contribution is -2.35. The van der Waals surface area contributed by atoms with Gasteiger partial charge < -0.3 is 10.1 Å². The fourth-order valence-corrected chi connectivity index (χ4v) is 0.728. The maximum atomic E-state index is 11.0. The predicted octanol–water partition coefficient (Wildman–Crippen LogP) is 2.22. The number of thiol groups is 1. The van der Waals surface area contributed by atoms with Gasteiger partial charge in [0.2, 0.25) is 0 Å². The van der Waals surface area contributed by atoms with E-state index in [0.717, 1.165) is 12.8 Å².